The second-order valence-electron chi connectivity index (χ2n) is 4.44. The van der Waals surface area contributed by atoms with Crippen LogP contribution in [0, 0.1) is 0 Å². The van der Waals surface area contributed by atoms with Gasteiger partial charge < -0.3 is 5.11 Å². The van der Waals surface area contributed by atoms with E-state index in [4.69, 9.17) is 5.11 Å². The van der Waals surface area contributed by atoms with Crippen molar-refractivity contribution in [1.29, 1.82) is 0 Å². The minimum absolute atomic E-state index is 0.322. The van der Waals surface area contributed by atoms with Gasteiger partial charge in [0.15, 0.2) is 0 Å². The molecule has 0 aliphatic carbocycles. The van der Waals surface area contributed by atoms with E-state index in [2.05, 4.69) is 35.3 Å². The van der Waals surface area contributed by atoms with Crippen LogP contribution in [-0.4, -0.2) is 76.0 Å². The molecule has 0 atom stereocenters. The predicted molar refractivity (Wildman–Crippen MR) is 83.2 cm³/mol. The number of phenolic OH excluding ortho intramolecular Hbond substituents is 1. The van der Waals surface area contributed by atoms with Crippen molar-refractivity contribution in [2.45, 2.75) is 0 Å². The normalized spacial score (nSPS) is 9.50. The van der Waals surface area contributed by atoms with Crippen molar-refractivity contribution in [3.63, 3.8) is 0 Å². The summed E-state index contributed by atoms with van der Waals surface area (Å²) in [4.78, 5) is 4.10. The molecule has 0 saturated carbocycles. The van der Waals surface area contributed by atoms with Crippen LogP contribution in [-0.2, 0) is 0 Å². The summed E-state index contributed by atoms with van der Waals surface area (Å²) in [6, 6.07) is 21.5. The maximum absolute atomic E-state index is 8.63. The van der Waals surface area contributed by atoms with Crippen molar-refractivity contribution in [3.05, 3.63) is 79.1 Å². The molecule has 0 aliphatic rings. The molecule has 0 fully saturated rings. The number of aromatic nitrogens is 1. The Balaban J connectivity index is 0.000000178. The average molecular weight is 381 g/mol. The van der Waals surface area contributed by atoms with Gasteiger partial charge in [-0.3, -0.25) is 0 Å². The molecule has 3 heteroatoms. The van der Waals surface area contributed by atoms with Crippen LogP contribution in [0.4, 0.5) is 0 Å². The third-order valence-corrected chi connectivity index (χ3v) is 4.90. The standard InChI is InChI=1S/C11H8N.C6H6O.Cs/c1-2-5-10(6-3-1)11-7-4-8-12-9-11;7-6-4-2-1-3-5-6;/h2-9H;1-5,7H;. The Morgan fingerprint density at radius 1 is 0.750 bits per heavy atom. The maximum atomic E-state index is 8.63. The molecule has 0 radical (unpaired) electrons. The van der Waals surface area contributed by atoms with E-state index in [9.17, 15) is 0 Å². The van der Waals surface area contributed by atoms with Crippen LogP contribution in [0.15, 0.2) is 79.1 Å². The van der Waals surface area contributed by atoms with Gasteiger partial charge in [-0.25, -0.2) is 0 Å². The van der Waals surface area contributed by atoms with Crippen molar-refractivity contribution in [3.8, 4) is 16.9 Å². The third kappa shape index (κ3) is 5.44. The van der Waals surface area contributed by atoms with Gasteiger partial charge in [-0.1, -0.05) is 18.2 Å². The topological polar surface area (TPSA) is 33.1 Å². The number of phenols is 1. The van der Waals surface area contributed by atoms with Crippen molar-refractivity contribution in [2.24, 2.45) is 0 Å². The van der Waals surface area contributed by atoms with E-state index in [0.717, 1.165) is 0 Å². The van der Waals surface area contributed by atoms with E-state index >= 15 is 0 Å². The van der Waals surface area contributed by atoms with Crippen molar-refractivity contribution in [2.75, 3.05) is 0 Å². The molecule has 0 bridgehead atoms. The van der Waals surface area contributed by atoms with E-state index in [1.165, 1.54) is 8.12 Å². The molecule has 0 aliphatic heterocycles. The van der Waals surface area contributed by atoms with E-state index in [1.54, 1.807) is 30.5 Å². The fourth-order valence-electron chi connectivity index (χ4n) is 1.71. The third-order valence-electron chi connectivity index (χ3n) is 2.80. The molecule has 3 rings (SSSR count). The summed E-state index contributed by atoms with van der Waals surface area (Å²) in [5, 5.41) is 8.63. The second-order valence-corrected chi connectivity index (χ2v) is 8.07. The molecule has 94 valence electrons. The van der Waals surface area contributed by atoms with E-state index < -0.39 is 0 Å². The fourth-order valence-corrected chi connectivity index (χ4v) is 2.75. The number of para-hydroxylation sites is 1. The summed E-state index contributed by atoms with van der Waals surface area (Å²) in [6.45, 7) is 0. The monoisotopic (exact) mass is 381 g/mol. The van der Waals surface area contributed by atoms with Crippen LogP contribution in [0.5, 0.6) is 5.75 Å². The number of hydrogen-bond donors (Lipinski definition) is 1. The van der Waals surface area contributed by atoms with Crippen LogP contribution in [0.25, 0.3) is 11.1 Å². The van der Waals surface area contributed by atoms with Gasteiger partial charge in [-0.2, -0.15) is 0 Å². The Bertz CT molecular complexity index is 624. The zero-order valence-electron chi connectivity index (χ0n) is 11.4. The Hall–Kier alpha value is -0.558. The van der Waals surface area contributed by atoms with E-state index in [0.29, 0.717) is 71.7 Å². The molecule has 2 nitrogen and oxygen atoms in total. The second kappa shape index (κ2) is 8.67. The molecule has 3 aromatic rings. The van der Waals surface area contributed by atoms with Gasteiger partial charge in [0.05, 0.1) is 0 Å². The van der Waals surface area contributed by atoms with Gasteiger partial charge in [-0.05, 0) is 12.1 Å². The summed E-state index contributed by atoms with van der Waals surface area (Å²) in [6.07, 6.45) is 3.70. The SMILES string of the molecule is Oc1ccccc1.[Cs][c]1ccc(-c2cccnc2)cc1. The van der Waals surface area contributed by atoms with Gasteiger partial charge in [0.2, 0.25) is 0 Å². The Labute approximate surface area is 166 Å². The Morgan fingerprint density at radius 2 is 1.45 bits per heavy atom. The zero-order chi connectivity index (χ0) is 14.2. The molecule has 1 heterocycles. The molecule has 1 aromatic heterocycles. The molecule has 0 spiro atoms. The van der Waals surface area contributed by atoms with Crippen LogP contribution < -0.4 is -3.01 Å². The predicted octanol–water partition coefficient (Wildman–Crippen LogP) is 2.93. The number of benzene rings is 2. The number of rotatable bonds is 1. The first-order valence-corrected chi connectivity index (χ1v) is 9.61. The molecular formula is C17H14CsNO. The summed E-state index contributed by atoms with van der Waals surface area (Å²) >= 11 is 0.535. The Kier molecular flexibility index (Phi) is 6.86. The first-order valence-electron chi connectivity index (χ1n) is 6.47. The van der Waals surface area contributed by atoms with Gasteiger partial charge in [0, 0.05) is 0 Å². The number of nitrogens with zero attached hydrogens (tertiary/aromatic N) is 1. The molecule has 0 amide bonds. The minimum atomic E-state index is 0.322. The number of hydrogen-bond acceptors (Lipinski definition) is 2. The first-order chi connectivity index (χ1) is 9.75. The van der Waals surface area contributed by atoms with Gasteiger partial charge in [-0.15, -0.1) is 0 Å². The molecular weight excluding hydrogens is 367 g/mol. The fraction of sp³-hybridized carbons (Fsp3) is 0. The van der Waals surface area contributed by atoms with Crippen molar-refractivity contribution >= 4 is 62.9 Å². The number of pyridine rings is 1. The van der Waals surface area contributed by atoms with Gasteiger partial charge >= 0.3 is 128 Å². The molecule has 20 heavy (non-hydrogen) atoms. The summed E-state index contributed by atoms with van der Waals surface area (Å²) in [5.74, 6) is 0.322. The van der Waals surface area contributed by atoms with Crippen LogP contribution >= 0.6 is 0 Å². The molecule has 0 saturated heterocycles. The average Bonchev–Trinajstić information content (AvgIpc) is 2.50. The zero-order valence-corrected chi connectivity index (χ0v) is 17.7. The summed E-state index contributed by atoms with van der Waals surface area (Å²) < 4.78 is 1.51. The van der Waals surface area contributed by atoms with Crippen LogP contribution in [0.2, 0.25) is 0 Å². The molecule has 0 unspecified atom stereocenters. The first kappa shape index (κ1) is 15.8. The Morgan fingerprint density at radius 3 is 1.95 bits per heavy atom. The number of aromatic hydroxyl groups is 1. The summed E-state index contributed by atoms with van der Waals surface area (Å²) in [7, 11) is 0. The molecule has 1 N–H and O–H groups in total. The quantitative estimate of drug-likeness (QED) is 0.703. The van der Waals surface area contributed by atoms with Crippen LogP contribution in [0.3, 0.4) is 0 Å². The van der Waals surface area contributed by atoms with Crippen LogP contribution in [0.1, 0.15) is 0 Å². The summed E-state index contributed by atoms with van der Waals surface area (Å²) in [5.41, 5.74) is 2.45. The van der Waals surface area contributed by atoms with Gasteiger partial charge in [0.25, 0.3) is 0 Å². The van der Waals surface area contributed by atoms with Gasteiger partial charge in [0.1, 0.15) is 5.75 Å². The van der Waals surface area contributed by atoms with Crippen molar-refractivity contribution < 1.29 is 5.11 Å². The van der Waals surface area contributed by atoms with Crippen molar-refractivity contribution in [1.82, 2.24) is 4.98 Å². The molecule has 2 aromatic carbocycles. The van der Waals surface area contributed by atoms with E-state index in [1.807, 2.05) is 18.3 Å². The van der Waals surface area contributed by atoms with E-state index in [-0.39, 0.29) is 0 Å².